The quantitative estimate of drug-likeness (QED) is 0.235. The van der Waals surface area contributed by atoms with Crippen LogP contribution >= 0.6 is 11.6 Å². The van der Waals surface area contributed by atoms with E-state index in [1.54, 1.807) is 27.7 Å². The lowest BCUT2D eigenvalue weighted by Crippen LogP contribution is -2.49. The summed E-state index contributed by atoms with van der Waals surface area (Å²) >= 11 is 5.88. The van der Waals surface area contributed by atoms with Crippen molar-refractivity contribution in [1.82, 2.24) is 34.3 Å². The number of hydrogen-bond acceptors (Lipinski definition) is 9. The minimum Gasteiger partial charge on any atom is -0.351 e. The lowest BCUT2D eigenvalue weighted by molar-refractivity contribution is -0.120. The van der Waals surface area contributed by atoms with Gasteiger partial charge in [-0.2, -0.15) is 9.40 Å². The maximum Gasteiger partial charge on any atom is 0.329 e. The van der Waals surface area contributed by atoms with Crippen molar-refractivity contribution in [1.29, 1.82) is 0 Å². The van der Waals surface area contributed by atoms with Crippen LogP contribution in [0.5, 0.6) is 0 Å². The average molecular weight is 734 g/mol. The summed E-state index contributed by atoms with van der Waals surface area (Å²) in [5.74, 6) is 1.61. The number of nitrogens with zero attached hydrogens (tertiary/aromatic N) is 7. The SMILES string of the molecule is CC(Cc1cccc(S(=O)(=O)N2CCC(Nc3ncc(Cl)cn3)CC2)c1)CN1CCC(c2ccc3c(N4CCC(=O)NC4=O)nn(C)c3c2)CC1. The number of imide groups is 1. The van der Waals surface area contributed by atoms with Crippen LogP contribution in [0, 0.1) is 5.92 Å². The van der Waals surface area contributed by atoms with E-state index in [9.17, 15) is 18.0 Å². The number of likely N-dealkylation sites (tertiary alicyclic amines) is 1. The number of carbonyl (C=O) groups is 2. The van der Waals surface area contributed by atoms with Gasteiger partial charge in [0.2, 0.25) is 21.9 Å². The van der Waals surface area contributed by atoms with Crippen molar-refractivity contribution in [3.8, 4) is 0 Å². The van der Waals surface area contributed by atoms with Gasteiger partial charge in [0.1, 0.15) is 0 Å². The molecule has 1 atom stereocenters. The molecule has 0 saturated carbocycles. The Labute approximate surface area is 303 Å². The molecule has 4 aromatic rings. The topological polar surface area (TPSA) is 146 Å². The van der Waals surface area contributed by atoms with Gasteiger partial charge in [0.15, 0.2) is 5.82 Å². The molecule has 0 radical (unpaired) electrons. The molecule has 51 heavy (non-hydrogen) atoms. The molecule has 270 valence electrons. The normalized spacial score (nSPS) is 19.4. The number of rotatable bonds is 10. The fraction of sp³-hybridized carbons (Fsp3) is 0.472. The molecular weight excluding hydrogens is 690 g/mol. The van der Waals surface area contributed by atoms with Gasteiger partial charge in [-0.1, -0.05) is 36.7 Å². The molecule has 2 aromatic heterocycles. The van der Waals surface area contributed by atoms with E-state index >= 15 is 0 Å². The van der Waals surface area contributed by atoms with Crippen molar-refractivity contribution in [2.24, 2.45) is 13.0 Å². The highest BCUT2D eigenvalue weighted by Crippen LogP contribution is 2.34. The van der Waals surface area contributed by atoms with Crippen molar-refractivity contribution in [3.05, 3.63) is 71.0 Å². The van der Waals surface area contributed by atoms with Gasteiger partial charge in [-0.05, 0) is 92.4 Å². The summed E-state index contributed by atoms with van der Waals surface area (Å²) < 4.78 is 30.6. The number of anilines is 2. The zero-order valence-corrected chi connectivity index (χ0v) is 30.5. The predicted octanol–water partition coefficient (Wildman–Crippen LogP) is 4.79. The number of urea groups is 1. The molecule has 7 rings (SSSR count). The Bertz CT molecular complexity index is 2010. The van der Waals surface area contributed by atoms with E-state index in [1.807, 2.05) is 29.9 Å². The number of halogens is 1. The van der Waals surface area contributed by atoms with E-state index in [-0.39, 0.29) is 18.4 Å². The highest BCUT2D eigenvalue weighted by atomic mass is 35.5. The van der Waals surface area contributed by atoms with Gasteiger partial charge >= 0.3 is 6.03 Å². The molecule has 5 heterocycles. The predicted molar refractivity (Wildman–Crippen MR) is 196 cm³/mol. The van der Waals surface area contributed by atoms with Gasteiger partial charge in [-0.3, -0.25) is 19.7 Å². The number of aryl methyl sites for hydroxylation is 1. The number of nitrogens with one attached hydrogen (secondary N) is 2. The van der Waals surface area contributed by atoms with Crippen LogP contribution in [0.4, 0.5) is 16.6 Å². The van der Waals surface area contributed by atoms with Gasteiger partial charge in [0.05, 0.1) is 27.8 Å². The first kappa shape index (κ1) is 35.3. The first-order chi connectivity index (χ1) is 24.5. The Morgan fingerprint density at radius 1 is 0.980 bits per heavy atom. The van der Waals surface area contributed by atoms with Gasteiger partial charge in [-0.15, -0.1) is 0 Å². The molecule has 0 bridgehead atoms. The smallest absolute Gasteiger partial charge is 0.329 e. The third-order valence-electron chi connectivity index (χ3n) is 10.3. The molecular formula is C36H44ClN9O4S. The van der Waals surface area contributed by atoms with Crippen LogP contribution in [-0.4, -0.2) is 94.6 Å². The number of benzene rings is 2. The number of amides is 3. The minimum atomic E-state index is -3.60. The summed E-state index contributed by atoms with van der Waals surface area (Å²) in [5.41, 5.74) is 3.28. The van der Waals surface area contributed by atoms with E-state index in [0.29, 0.717) is 66.0 Å². The van der Waals surface area contributed by atoms with Crippen LogP contribution in [0.1, 0.15) is 56.1 Å². The van der Waals surface area contributed by atoms with Crippen molar-refractivity contribution in [2.75, 3.05) is 49.5 Å². The van der Waals surface area contributed by atoms with E-state index < -0.39 is 16.1 Å². The Hall–Kier alpha value is -4.11. The fourth-order valence-corrected chi connectivity index (χ4v) is 9.26. The molecule has 3 aliphatic rings. The number of fused-ring (bicyclic) bond motifs is 1. The number of hydrogen-bond donors (Lipinski definition) is 2. The van der Waals surface area contributed by atoms with Gasteiger partial charge in [-0.25, -0.2) is 23.2 Å². The van der Waals surface area contributed by atoms with Gasteiger partial charge < -0.3 is 10.2 Å². The third-order valence-corrected chi connectivity index (χ3v) is 12.4. The summed E-state index contributed by atoms with van der Waals surface area (Å²) in [7, 11) is -1.71. The van der Waals surface area contributed by atoms with E-state index in [2.05, 4.69) is 55.7 Å². The number of carbonyl (C=O) groups excluding carboxylic acids is 2. The molecule has 15 heteroatoms. The highest BCUT2D eigenvalue weighted by Gasteiger charge is 2.31. The second-order valence-electron chi connectivity index (χ2n) is 14.1. The molecule has 13 nitrogen and oxygen atoms in total. The maximum absolute atomic E-state index is 13.6. The van der Waals surface area contributed by atoms with Crippen LogP contribution in [0.25, 0.3) is 10.9 Å². The number of piperidine rings is 2. The van der Waals surface area contributed by atoms with Crippen molar-refractivity contribution in [3.63, 3.8) is 0 Å². The highest BCUT2D eigenvalue weighted by molar-refractivity contribution is 7.89. The Morgan fingerprint density at radius 3 is 2.45 bits per heavy atom. The molecule has 0 spiro atoms. The molecule has 1 unspecified atom stereocenters. The molecule has 2 aromatic carbocycles. The first-order valence-corrected chi connectivity index (χ1v) is 19.5. The Kier molecular flexibility index (Phi) is 10.3. The Morgan fingerprint density at radius 2 is 1.73 bits per heavy atom. The lowest BCUT2D eigenvalue weighted by Gasteiger charge is -2.34. The fourth-order valence-electron chi connectivity index (χ4n) is 7.62. The van der Waals surface area contributed by atoms with Gasteiger partial charge in [0.25, 0.3) is 0 Å². The standard InChI is InChI=1S/C36H44ClN9O4S/c1-24(18-25-4-3-5-30(19-25)51(49,50)45-15-10-29(11-16-45)40-35-38-21-28(37)22-39-35)23-44-13-8-26(9-14-44)27-6-7-31-32(20-27)43(2)42-34(31)46-17-12-33(47)41-36(46)48/h3-7,19-22,24,26,29H,8-18,23H2,1-2H3,(H,38,39,40)(H,41,47,48). The van der Waals surface area contributed by atoms with Crippen LogP contribution in [0.3, 0.4) is 0 Å². The van der Waals surface area contributed by atoms with E-state index in [4.69, 9.17) is 11.6 Å². The first-order valence-electron chi connectivity index (χ1n) is 17.7. The lowest BCUT2D eigenvalue weighted by atomic mass is 9.88. The molecule has 3 aliphatic heterocycles. The van der Waals surface area contributed by atoms with Crippen molar-refractivity contribution in [2.45, 2.75) is 62.3 Å². The third kappa shape index (κ3) is 7.88. The van der Waals surface area contributed by atoms with E-state index in [1.165, 1.54) is 5.56 Å². The largest absolute Gasteiger partial charge is 0.351 e. The zero-order valence-electron chi connectivity index (χ0n) is 29.0. The molecule has 3 amide bonds. The second-order valence-corrected chi connectivity index (χ2v) is 16.4. The zero-order chi connectivity index (χ0) is 35.7. The molecule has 3 fully saturated rings. The van der Waals surface area contributed by atoms with Crippen molar-refractivity contribution < 1.29 is 18.0 Å². The maximum atomic E-state index is 13.6. The monoisotopic (exact) mass is 733 g/mol. The summed E-state index contributed by atoms with van der Waals surface area (Å²) in [5, 5.41) is 11.7. The average Bonchev–Trinajstić information content (AvgIpc) is 3.45. The second kappa shape index (κ2) is 14.9. The van der Waals surface area contributed by atoms with Crippen LogP contribution < -0.4 is 15.5 Å². The summed E-state index contributed by atoms with van der Waals surface area (Å²) in [6.07, 6.45) is 7.58. The van der Waals surface area contributed by atoms with Crippen molar-refractivity contribution >= 4 is 56.2 Å². The summed E-state index contributed by atoms with van der Waals surface area (Å²) in [6, 6.07) is 13.5. The number of aromatic nitrogens is 4. The van der Waals surface area contributed by atoms with Crippen LogP contribution in [0.15, 0.2) is 59.8 Å². The summed E-state index contributed by atoms with van der Waals surface area (Å²) in [6.45, 7) is 6.36. The van der Waals surface area contributed by atoms with Crippen LogP contribution in [0.2, 0.25) is 5.02 Å². The molecule has 2 N–H and O–H groups in total. The summed E-state index contributed by atoms with van der Waals surface area (Å²) in [4.78, 5) is 36.9. The Balaban J connectivity index is 0.905. The number of sulfonamides is 1. The van der Waals surface area contributed by atoms with Gasteiger partial charge in [0, 0.05) is 51.1 Å². The van der Waals surface area contributed by atoms with E-state index in [0.717, 1.165) is 55.4 Å². The molecule has 0 aliphatic carbocycles. The molecule has 3 saturated heterocycles. The minimum absolute atomic E-state index is 0.0954. The van der Waals surface area contributed by atoms with Crippen LogP contribution in [-0.2, 0) is 28.3 Å².